The van der Waals surface area contributed by atoms with Crippen molar-refractivity contribution in [2.24, 2.45) is 5.92 Å². The normalized spacial score (nSPS) is 12.4. The summed E-state index contributed by atoms with van der Waals surface area (Å²) >= 11 is 1.67. The molecular weight excluding hydrogens is 282 g/mol. The van der Waals surface area contributed by atoms with Crippen molar-refractivity contribution in [3.05, 3.63) is 57.8 Å². The van der Waals surface area contributed by atoms with E-state index in [-0.39, 0.29) is 11.9 Å². The van der Waals surface area contributed by atoms with Crippen molar-refractivity contribution in [1.82, 2.24) is 5.32 Å². The maximum atomic E-state index is 12.4. The van der Waals surface area contributed by atoms with E-state index in [4.69, 9.17) is 4.74 Å². The van der Waals surface area contributed by atoms with Crippen LogP contribution in [-0.2, 0) is 11.3 Å². The average Bonchev–Trinajstić information content (AvgIpc) is 2.99. The molecule has 1 N–H and O–H groups in total. The molecule has 1 aromatic carbocycles. The summed E-state index contributed by atoms with van der Waals surface area (Å²) in [4.78, 5) is 13.6. The summed E-state index contributed by atoms with van der Waals surface area (Å²) < 4.78 is 5.07. The largest absolute Gasteiger partial charge is 0.380 e. The highest BCUT2D eigenvalue weighted by molar-refractivity contribution is 7.10. The molecule has 0 aliphatic carbocycles. The van der Waals surface area contributed by atoms with E-state index in [0.717, 1.165) is 5.56 Å². The van der Waals surface area contributed by atoms with Crippen molar-refractivity contribution in [1.29, 1.82) is 0 Å². The Balaban J connectivity index is 2.08. The molecule has 3 nitrogen and oxygen atoms in total. The van der Waals surface area contributed by atoms with E-state index in [9.17, 15) is 4.79 Å². The molecule has 1 aromatic heterocycles. The molecule has 0 fully saturated rings. The lowest BCUT2D eigenvalue weighted by molar-refractivity contribution is 0.0926. The van der Waals surface area contributed by atoms with Gasteiger partial charge in [-0.3, -0.25) is 4.79 Å². The summed E-state index contributed by atoms with van der Waals surface area (Å²) in [6.07, 6.45) is 0. The van der Waals surface area contributed by atoms with Crippen LogP contribution in [0.5, 0.6) is 0 Å². The Bertz CT molecular complexity index is 561. The zero-order chi connectivity index (χ0) is 15.2. The first-order valence-electron chi connectivity index (χ1n) is 7.04. The Kier molecular flexibility index (Phi) is 5.53. The SMILES string of the molecule is COCc1ccc(C(=O)NC(c2cccs2)C(C)C)cc1. The summed E-state index contributed by atoms with van der Waals surface area (Å²) in [5.74, 6) is 0.312. The fourth-order valence-electron chi connectivity index (χ4n) is 2.18. The van der Waals surface area contributed by atoms with Gasteiger partial charge in [0.2, 0.25) is 0 Å². The van der Waals surface area contributed by atoms with Gasteiger partial charge in [-0.1, -0.05) is 32.0 Å². The Labute approximate surface area is 130 Å². The number of benzene rings is 1. The molecule has 0 saturated heterocycles. The second-order valence-corrected chi connectivity index (χ2v) is 6.32. The van der Waals surface area contributed by atoms with Crippen molar-refractivity contribution in [2.75, 3.05) is 7.11 Å². The highest BCUT2D eigenvalue weighted by atomic mass is 32.1. The number of rotatable bonds is 6. The number of amides is 1. The monoisotopic (exact) mass is 303 g/mol. The number of thiophene rings is 1. The highest BCUT2D eigenvalue weighted by Crippen LogP contribution is 2.26. The lowest BCUT2D eigenvalue weighted by Gasteiger charge is -2.21. The van der Waals surface area contributed by atoms with Crippen LogP contribution in [0, 0.1) is 5.92 Å². The first-order chi connectivity index (χ1) is 10.1. The van der Waals surface area contributed by atoms with Gasteiger partial charge in [-0.25, -0.2) is 0 Å². The highest BCUT2D eigenvalue weighted by Gasteiger charge is 2.19. The summed E-state index contributed by atoms with van der Waals surface area (Å²) in [5.41, 5.74) is 1.74. The quantitative estimate of drug-likeness (QED) is 0.875. The molecule has 0 aliphatic rings. The number of nitrogens with one attached hydrogen (secondary N) is 1. The van der Waals surface area contributed by atoms with Gasteiger partial charge in [0.1, 0.15) is 0 Å². The number of carbonyl (C=O) groups is 1. The van der Waals surface area contributed by atoms with Crippen LogP contribution >= 0.6 is 11.3 Å². The summed E-state index contributed by atoms with van der Waals surface area (Å²) in [6.45, 7) is 4.80. The lowest BCUT2D eigenvalue weighted by Crippen LogP contribution is -2.31. The minimum absolute atomic E-state index is 0.0360. The third-order valence-electron chi connectivity index (χ3n) is 3.33. The van der Waals surface area contributed by atoms with Gasteiger partial charge in [0.15, 0.2) is 0 Å². The lowest BCUT2D eigenvalue weighted by atomic mass is 10.0. The first-order valence-corrected chi connectivity index (χ1v) is 7.92. The van der Waals surface area contributed by atoms with Crippen molar-refractivity contribution < 1.29 is 9.53 Å². The molecule has 1 unspecified atom stereocenters. The molecule has 2 aromatic rings. The Morgan fingerprint density at radius 1 is 1.24 bits per heavy atom. The molecule has 2 rings (SSSR count). The average molecular weight is 303 g/mol. The van der Waals surface area contributed by atoms with Gasteiger partial charge in [0.05, 0.1) is 12.6 Å². The van der Waals surface area contributed by atoms with Gasteiger partial charge in [-0.2, -0.15) is 0 Å². The van der Waals surface area contributed by atoms with E-state index >= 15 is 0 Å². The van der Waals surface area contributed by atoms with Crippen LogP contribution in [-0.4, -0.2) is 13.0 Å². The molecule has 0 radical (unpaired) electrons. The van der Waals surface area contributed by atoms with Gasteiger partial charge < -0.3 is 10.1 Å². The molecule has 0 saturated carbocycles. The summed E-state index contributed by atoms with van der Waals surface area (Å²) in [6, 6.07) is 11.7. The molecule has 0 bridgehead atoms. The Morgan fingerprint density at radius 3 is 2.48 bits per heavy atom. The molecule has 1 amide bonds. The Hall–Kier alpha value is -1.65. The van der Waals surface area contributed by atoms with Crippen LogP contribution in [0.25, 0.3) is 0 Å². The van der Waals surface area contributed by atoms with Gasteiger partial charge >= 0.3 is 0 Å². The zero-order valence-electron chi connectivity index (χ0n) is 12.6. The van der Waals surface area contributed by atoms with Crippen LogP contribution in [0.2, 0.25) is 0 Å². The second-order valence-electron chi connectivity index (χ2n) is 5.34. The minimum atomic E-state index is -0.0360. The van der Waals surface area contributed by atoms with E-state index < -0.39 is 0 Å². The minimum Gasteiger partial charge on any atom is -0.380 e. The first kappa shape index (κ1) is 15.7. The van der Waals surface area contributed by atoms with Crippen molar-refractivity contribution in [2.45, 2.75) is 26.5 Å². The standard InChI is InChI=1S/C17H21NO2S/c1-12(2)16(15-5-4-10-21-15)18-17(19)14-8-6-13(7-9-14)11-20-3/h4-10,12,16H,11H2,1-3H3,(H,18,19). The predicted molar refractivity (Wildman–Crippen MR) is 86.5 cm³/mol. The second kappa shape index (κ2) is 7.38. The Morgan fingerprint density at radius 2 is 1.95 bits per heavy atom. The van der Waals surface area contributed by atoms with E-state index in [1.54, 1.807) is 18.4 Å². The fourth-order valence-corrected chi connectivity index (χ4v) is 3.13. The van der Waals surface area contributed by atoms with Crippen LogP contribution in [0.1, 0.15) is 40.7 Å². The van der Waals surface area contributed by atoms with Crippen LogP contribution in [0.15, 0.2) is 41.8 Å². The summed E-state index contributed by atoms with van der Waals surface area (Å²) in [7, 11) is 1.66. The fraction of sp³-hybridized carbons (Fsp3) is 0.353. The van der Waals surface area contributed by atoms with Crippen LogP contribution in [0.4, 0.5) is 0 Å². The van der Waals surface area contributed by atoms with E-state index in [0.29, 0.717) is 18.1 Å². The molecule has 1 heterocycles. The molecule has 0 spiro atoms. The van der Waals surface area contributed by atoms with Gasteiger partial charge in [0, 0.05) is 17.6 Å². The van der Waals surface area contributed by atoms with Crippen LogP contribution in [0.3, 0.4) is 0 Å². The number of carbonyl (C=O) groups excluding carboxylic acids is 1. The molecule has 0 aliphatic heterocycles. The zero-order valence-corrected chi connectivity index (χ0v) is 13.4. The third kappa shape index (κ3) is 4.16. The number of hydrogen-bond acceptors (Lipinski definition) is 3. The smallest absolute Gasteiger partial charge is 0.251 e. The molecule has 4 heteroatoms. The van der Waals surface area contributed by atoms with E-state index in [1.807, 2.05) is 35.7 Å². The topological polar surface area (TPSA) is 38.3 Å². The number of ether oxygens (including phenoxy) is 1. The maximum absolute atomic E-state index is 12.4. The van der Waals surface area contributed by atoms with E-state index in [1.165, 1.54) is 4.88 Å². The molecule has 21 heavy (non-hydrogen) atoms. The van der Waals surface area contributed by atoms with Crippen LogP contribution < -0.4 is 5.32 Å². The predicted octanol–water partition coefficient (Wildman–Crippen LogP) is 4.02. The molecular formula is C17H21NO2S. The van der Waals surface area contributed by atoms with E-state index in [2.05, 4.69) is 25.2 Å². The number of hydrogen-bond donors (Lipinski definition) is 1. The van der Waals surface area contributed by atoms with Crippen molar-refractivity contribution in [3.63, 3.8) is 0 Å². The number of methoxy groups -OCH3 is 1. The maximum Gasteiger partial charge on any atom is 0.251 e. The summed E-state index contributed by atoms with van der Waals surface area (Å²) in [5, 5.41) is 5.16. The van der Waals surface area contributed by atoms with Gasteiger partial charge in [-0.05, 0) is 35.1 Å². The van der Waals surface area contributed by atoms with Crippen molar-refractivity contribution >= 4 is 17.2 Å². The van der Waals surface area contributed by atoms with Gasteiger partial charge in [-0.15, -0.1) is 11.3 Å². The van der Waals surface area contributed by atoms with Crippen molar-refractivity contribution in [3.8, 4) is 0 Å². The van der Waals surface area contributed by atoms with Gasteiger partial charge in [0.25, 0.3) is 5.91 Å². The molecule has 112 valence electrons. The third-order valence-corrected chi connectivity index (χ3v) is 4.29. The molecule has 1 atom stereocenters.